The molecule has 2 aliphatic heterocycles. The number of carboxylic acids is 1. The molecule has 130 valence electrons. The number of aromatic nitrogens is 3. The molecule has 0 radical (unpaired) electrons. The molecule has 2 aliphatic rings. The van der Waals surface area contributed by atoms with Crippen LogP contribution in [0, 0.1) is 0 Å². The molecule has 1 amide bonds. The summed E-state index contributed by atoms with van der Waals surface area (Å²) in [6, 6.07) is 7.79. The Balaban J connectivity index is 1.46. The number of hydrogen-bond acceptors (Lipinski definition) is 5. The van der Waals surface area contributed by atoms with E-state index in [9.17, 15) is 9.59 Å². The molecule has 0 saturated carbocycles. The van der Waals surface area contributed by atoms with E-state index >= 15 is 0 Å². The van der Waals surface area contributed by atoms with Crippen LogP contribution in [0.4, 0.5) is 5.69 Å². The summed E-state index contributed by atoms with van der Waals surface area (Å²) in [5.74, 6) is -0.898. The van der Waals surface area contributed by atoms with Crippen molar-refractivity contribution in [2.75, 3.05) is 24.5 Å². The van der Waals surface area contributed by atoms with Crippen molar-refractivity contribution >= 4 is 17.6 Å². The predicted octanol–water partition coefficient (Wildman–Crippen LogP) is 0.836. The number of piperazine rings is 1. The van der Waals surface area contributed by atoms with Crippen LogP contribution in [0.25, 0.3) is 0 Å². The average Bonchev–Trinajstić information content (AvgIpc) is 3.26. The first kappa shape index (κ1) is 15.8. The Morgan fingerprint density at radius 1 is 1.20 bits per heavy atom. The number of anilines is 1. The lowest BCUT2D eigenvalue weighted by molar-refractivity contribution is -0.124. The van der Waals surface area contributed by atoms with Crippen LogP contribution in [-0.4, -0.2) is 62.6 Å². The summed E-state index contributed by atoms with van der Waals surface area (Å²) in [5.41, 5.74) is 1.80. The molecule has 2 saturated heterocycles. The van der Waals surface area contributed by atoms with Gasteiger partial charge in [-0.25, -0.2) is 9.48 Å². The highest BCUT2D eigenvalue weighted by atomic mass is 16.4. The third-order valence-corrected chi connectivity index (χ3v) is 4.88. The van der Waals surface area contributed by atoms with Crippen LogP contribution in [-0.2, 0) is 11.3 Å². The zero-order chi connectivity index (χ0) is 17.4. The zero-order valence-electron chi connectivity index (χ0n) is 13.7. The highest BCUT2D eigenvalue weighted by molar-refractivity contribution is 5.98. The summed E-state index contributed by atoms with van der Waals surface area (Å²) >= 11 is 0. The van der Waals surface area contributed by atoms with E-state index in [1.807, 2.05) is 29.2 Å². The third-order valence-electron chi connectivity index (χ3n) is 4.88. The second kappa shape index (κ2) is 6.29. The molecule has 2 aromatic rings. The van der Waals surface area contributed by atoms with Crippen molar-refractivity contribution in [3.05, 3.63) is 41.7 Å². The first-order valence-corrected chi connectivity index (χ1v) is 8.39. The number of aromatic carboxylic acids is 1. The first-order chi connectivity index (χ1) is 12.1. The number of amides is 1. The molecular weight excluding hydrogens is 322 g/mol. The lowest BCUT2D eigenvalue weighted by Gasteiger charge is -2.36. The van der Waals surface area contributed by atoms with Crippen molar-refractivity contribution in [3.63, 3.8) is 0 Å². The van der Waals surface area contributed by atoms with E-state index < -0.39 is 5.97 Å². The van der Waals surface area contributed by atoms with Crippen LogP contribution in [0.5, 0.6) is 0 Å². The standard InChI is InChI=1S/C17H19N5O3/c23-16-15-2-1-7-20(15)8-9-22(16)13-5-3-12(4-6-13)10-21-11-14(17(24)25)18-19-21/h3-6,11,15H,1-2,7-10H2,(H,24,25). The number of carbonyl (C=O) groups is 2. The van der Waals surface area contributed by atoms with Crippen LogP contribution in [0.1, 0.15) is 28.9 Å². The second-order valence-electron chi connectivity index (χ2n) is 6.46. The van der Waals surface area contributed by atoms with Gasteiger partial charge in [0.05, 0.1) is 18.8 Å². The van der Waals surface area contributed by atoms with Crippen LogP contribution in [0.15, 0.2) is 30.5 Å². The predicted molar refractivity (Wildman–Crippen MR) is 89.5 cm³/mol. The van der Waals surface area contributed by atoms with E-state index in [1.165, 1.54) is 10.9 Å². The lowest BCUT2D eigenvalue weighted by atomic mass is 10.1. The Kier molecular flexibility index (Phi) is 3.96. The van der Waals surface area contributed by atoms with E-state index in [1.54, 1.807) is 0 Å². The van der Waals surface area contributed by atoms with Crippen molar-refractivity contribution in [1.29, 1.82) is 0 Å². The van der Waals surface area contributed by atoms with Gasteiger partial charge in [0.1, 0.15) is 0 Å². The number of fused-ring (bicyclic) bond motifs is 1. The molecule has 8 nitrogen and oxygen atoms in total. The zero-order valence-corrected chi connectivity index (χ0v) is 13.7. The molecule has 3 heterocycles. The summed E-state index contributed by atoms with van der Waals surface area (Å²) < 4.78 is 1.49. The molecule has 2 fully saturated rings. The van der Waals surface area contributed by atoms with E-state index in [-0.39, 0.29) is 17.6 Å². The fraction of sp³-hybridized carbons (Fsp3) is 0.412. The number of hydrogen-bond donors (Lipinski definition) is 1. The quantitative estimate of drug-likeness (QED) is 0.886. The Morgan fingerprint density at radius 3 is 2.72 bits per heavy atom. The molecule has 0 spiro atoms. The van der Waals surface area contributed by atoms with Gasteiger partial charge in [-0.15, -0.1) is 5.10 Å². The van der Waals surface area contributed by atoms with Crippen molar-refractivity contribution in [1.82, 2.24) is 19.9 Å². The number of carboxylic acid groups (broad SMARTS) is 1. The average molecular weight is 341 g/mol. The van der Waals surface area contributed by atoms with E-state index in [0.717, 1.165) is 43.7 Å². The monoisotopic (exact) mass is 341 g/mol. The summed E-state index contributed by atoms with van der Waals surface area (Å²) in [6.45, 7) is 3.11. The minimum Gasteiger partial charge on any atom is -0.476 e. The molecule has 4 rings (SSSR count). The molecule has 1 atom stereocenters. The Bertz CT molecular complexity index is 801. The fourth-order valence-electron chi connectivity index (χ4n) is 3.59. The van der Waals surface area contributed by atoms with E-state index in [4.69, 9.17) is 5.11 Å². The largest absolute Gasteiger partial charge is 0.476 e. The number of nitrogens with zero attached hydrogens (tertiary/aromatic N) is 5. The molecular formula is C17H19N5O3. The van der Waals surface area contributed by atoms with Gasteiger partial charge in [-0.1, -0.05) is 17.3 Å². The molecule has 1 N–H and O–H groups in total. The molecule has 1 unspecified atom stereocenters. The smallest absolute Gasteiger partial charge is 0.358 e. The second-order valence-corrected chi connectivity index (χ2v) is 6.46. The maximum absolute atomic E-state index is 12.7. The molecule has 1 aromatic carbocycles. The Morgan fingerprint density at radius 2 is 2.00 bits per heavy atom. The normalized spacial score (nSPS) is 20.7. The minimum atomic E-state index is -1.09. The lowest BCUT2D eigenvalue weighted by Crippen LogP contribution is -2.54. The summed E-state index contributed by atoms with van der Waals surface area (Å²) in [4.78, 5) is 27.6. The SMILES string of the molecule is O=C(O)c1cn(Cc2ccc(N3CCN4CCCC4C3=O)cc2)nn1. The van der Waals surface area contributed by atoms with Crippen LogP contribution < -0.4 is 4.90 Å². The molecule has 8 heteroatoms. The van der Waals surface area contributed by atoms with Gasteiger partial charge < -0.3 is 10.0 Å². The molecule has 0 aliphatic carbocycles. The van der Waals surface area contributed by atoms with Crippen molar-refractivity contribution < 1.29 is 14.7 Å². The van der Waals surface area contributed by atoms with E-state index in [0.29, 0.717) is 6.54 Å². The first-order valence-electron chi connectivity index (χ1n) is 8.39. The van der Waals surface area contributed by atoms with Crippen LogP contribution >= 0.6 is 0 Å². The topological polar surface area (TPSA) is 91.6 Å². The van der Waals surface area contributed by atoms with Gasteiger partial charge in [0.2, 0.25) is 5.91 Å². The highest BCUT2D eigenvalue weighted by Gasteiger charge is 2.37. The summed E-state index contributed by atoms with van der Waals surface area (Å²) in [5, 5.41) is 16.3. The number of carbonyl (C=O) groups excluding carboxylic acids is 1. The highest BCUT2D eigenvalue weighted by Crippen LogP contribution is 2.26. The maximum Gasteiger partial charge on any atom is 0.358 e. The maximum atomic E-state index is 12.7. The van der Waals surface area contributed by atoms with Gasteiger partial charge in [-0.05, 0) is 37.1 Å². The van der Waals surface area contributed by atoms with Crippen LogP contribution in [0.3, 0.4) is 0 Å². The molecule has 1 aromatic heterocycles. The van der Waals surface area contributed by atoms with Crippen molar-refractivity contribution in [2.45, 2.75) is 25.4 Å². The van der Waals surface area contributed by atoms with Crippen molar-refractivity contribution in [2.24, 2.45) is 0 Å². The third kappa shape index (κ3) is 3.00. The number of benzene rings is 1. The van der Waals surface area contributed by atoms with Crippen molar-refractivity contribution in [3.8, 4) is 0 Å². The minimum absolute atomic E-state index is 0.0398. The van der Waals surface area contributed by atoms with Gasteiger partial charge in [-0.3, -0.25) is 9.69 Å². The van der Waals surface area contributed by atoms with Gasteiger partial charge >= 0.3 is 5.97 Å². The van der Waals surface area contributed by atoms with Gasteiger partial charge in [0, 0.05) is 18.8 Å². The van der Waals surface area contributed by atoms with Gasteiger partial charge in [-0.2, -0.15) is 0 Å². The summed E-state index contributed by atoms with van der Waals surface area (Å²) in [6.07, 6.45) is 3.45. The molecule has 0 bridgehead atoms. The Labute approximate surface area is 144 Å². The van der Waals surface area contributed by atoms with Gasteiger partial charge in [0.25, 0.3) is 0 Å². The number of rotatable bonds is 4. The summed E-state index contributed by atoms with van der Waals surface area (Å²) in [7, 11) is 0. The van der Waals surface area contributed by atoms with Gasteiger partial charge in [0.15, 0.2) is 5.69 Å². The van der Waals surface area contributed by atoms with E-state index in [2.05, 4.69) is 15.2 Å². The van der Waals surface area contributed by atoms with Crippen LogP contribution in [0.2, 0.25) is 0 Å². The fourth-order valence-corrected chi connectivity index (χ4v) is 3.59. The molecule has 25 heavy (non-hydrogen) atoms. The Hall–Kier alpha value is -2.74.